The summed E-state index contributed by atoms with van der Waals surface area (Å²) in [6.07, 6.45) is 1.53. The second-order valence-corrected chi connectivity index (χ2v) is 7.54. The lowest BCUT2D eigenvalue weighted by atomic mass is 9.98. The molecular formula is C21H20N2O3S. The molecule has 27 heavy (non-hydrogen) atoms. The van der Waals surface area contributed by atoms with E-state index in [4.69, 9.17) is 9.15 Å². The summed E-state index contributed by atoms with van der Waals surface area (Å²) in [5, 5.41) is 8.61. The molecule has 0 amide bonds. The highest BCUT2D eigenvalue weighted by molar-refractivity contribution is 7.99. The molecule has 0 radical (unpaired) electrons. The van der Waals surface area contributed by atoms with Gasteiger partial charge in [0.05, 0.1) is 12.4 Å². The lowest BCUT2D eigenvalue weighted by Crippen LogP contribution is -2.02. The van der Waals surface area contributed by atoms with Gasteiger partial charge in [-0.3, -0.25) is 4.79 Å². The van der Waals surface area contributed by atoms with Gasteiger partial charge in [-0.15, -0.1) is 10.2 Å². The molecule has 5 nitrogen and oxygen atoms in total. The number of carbonyl (C=O) groups is 1. The SMILES string of the molecule is CC(Cc1nnc(SCC(=O)c2ccc3c(c2)CCO3)o1)c1ccccc1. The molecule has 0 N–H and O–H groups in total. The minimum absolute atomic E-state index is 0.0482. The monoisotopic (exact) mass is 380 g/mol. The van der Waals surface area contributed by atoms with Gasteiger partial charge in [0.25, 0.3) is 5.22 Å². The number of nitrogens with zero attached hydrogens (tertiary/aromatic N) is 2. The quantitative estimate of drug-likeness (QED) is 0.449. The first-order chi connectivity index (χ1) is 13.2. The van der Waals surface area contributed by atoms with Crippen LogP contribution in [0.5, 0.6) is 5.75 Å². The molecule has 6 heteroatoms. The maximum Gasteiger partial charge on any atom is 0.277 e. The fourth-order valence-electron chi connectivity index (χ4n) is 3.11. The van der Waals surface area contributed by atoms with Gasteiger partial charge in [-0.05, 0) is 35.2 Å². The summed E-state index contributed by atoms with van der Waals surface area (Å²) < 4.78 is 11.2. The molecule has 1 atom stereocenters. The number of aromatic nitrogens is 2. The number of hydrogen-bond acceptors (Lipinski definition) is 6. The van der Waals surface area contributed by atoms with Crippen LogP contribution in [0.4, 0.5) is 0 Å². The predicted molar refractivity (Wildman–Crippen MR) is 104 cm³/mol. The van der Waals surface area contributed by atoms with E-state index in [1.807, 2.05) is 36.4 Å². The maximum absolute atomic E-state index is 12.4. The first kappa shape index (κ1) is 17.8. The van der Waals surface area contributed by atoms with Crippen LogP contribution >= 0.6 is 11.8 Å². The standard InChI is InChI=1S/C21H20N2O3S/c1-14(15-5-3-2-4-6-15)11-20-22-23-21(26-20)27-13-18(24)16-7-8-19-17(12-16)9-10-25-19/h2-8,12,14H,9-11,13H2,1H3. The Labute approximate surface area is 162 Å². The molecule has 1 aromatic heterocycles. The van der Waals surface area contributed by atoms with Crippen LogP contribution in [0, 0.1) is 0 Å². The topological polar surface area (TPSA) is 65.2 Å². The Morgan fingerprint density at radius 1 is 1.19 bits per heavy atom. The Hall–Kier alpha value is -2.60. The minimum atomic E-state index is 0.0482. The van der Waals surface area contributed by atoms with E-state index in [-0.39, 0.29) is 11.5 Å². The van der Waals surface area contributed by atoms with E-state index in [1.165, 1.54) is 17.3 Å². The fourth-order valence-corrected chi connectivity index (χ4v) is 3.79. The Balaban J connectivity index is 1.33. The summed E-state index contributed by atoms with van der Waals surface area (Å²) in [6.45, 7) is 2.82. The van der Waals surface area contributed by atoms with Crippen molar-refractivity contribution in [3.05, 3.63) is 71.1 Å². The van der Waals surface area contributed by atoms with Gasteiger partial charge in [-0.2, -0.15) is 0 Å². The Morgan fingerprint density at radius 3 is 2.89 bits per heavy atom. The number of ketones is 1. The molecule has 0 bridgehead atoms. The van der Waals surface area contributed by atoms with Gasteiger partial charge in [-0.1, -0.05) is 49.0 Å². The van der Waals surface area contributed by atoms with Crippen molar-refractivity contribution in [2.75, 3.05) is 12.4 Å². The smallest absolute Gasteiger partial charge is 0.277 e. The summed E-state index contributed by atoms with van der Waals surface area (Å²) in [4.78, 5) is 12.4. The number of hydrogen-bond donors (Lipinski definition) is 0. The van der Waals surface area contributed by atoms with E-state index < -0.39 is 0 Å². The van der Waals surface area contributed by atoms with Gasteiger partial charge in [0.1, 0.15) is 5.75 Å². The normalized spacial score (nSPS) is 13.8. The molecular weight excluding hydrogens is 360 g/mol. The van der Waals surface area contributed by atoms with Crippen LogP contribution < -0.4 is 4.74 Å². The van der Waals surface area contributed by atoms with Crippen LogP contribution in [0.2, 0.25) is 0 Å². The van der Waals surface area contributed by atoms with E-state index in [9.17, 15) is 4.79 Å². The van der Waals surface area contributed by atoms with Gasteiger partial charge in [0, 0.05) is 18.4 Å². The van der Waals surface area contributed by atoms with Crippen LogP contribution in [0.3, 0.4) is 0 Å². The Bertz CT molecular complexity index is 940. The highest BCUT2D eigenvalue weighted by atomic mass is 32.2. The number of benzene rings is 2. The molecule has 1 aliphatic heterocycles. The molecule has 0 spiro atoms. The third kappa shape index (κ3) is 4.22. The second-order valence-electron chi connectivity index (χ2n) is 6.61. The third-order valence-electron chi connectivity index (χ3n) is 4.64. The van der Waals surface area contributed by atoms with Crippen molar-refractivity contribution in [2.45, 2.75) is 30.9 Å². The van der Waals surface area contributed by atoms with E-state index in [0.717, 1.165) is 17.7 Å². The van der Waals surface area contributed by atoms with Crippen LogP contribution in [-0.2, 0) is 12.8 Å². The fraction of sp³-hybridized carbons (Fsp3) is 0.286. The van der Waals surface area contributed by atoms with Gasteiger partial charge in [0.15, 0.2) is 5.78 Å². The lowest BCUT2D eigenvalue weighted by molar-refractivity contribution is 0.102. The van der Waals surface area contributed by atoms with E-state index in [2.05, 4.69) is 29.3 Å². The van der Waals surface area contributed by atoms with Crippen LogP contribution in [0.15, 0.2) is 58.2 Å². The molecule has 0 saturated carbocycles. The van der Waals surface area contributed by atoms with Gasteiger partial charge in [-0.25, -0.2) is 0 Å². The van der Waals surface area contributed by atoms with Crippen molar-refractivity contribution < 1.29 is 13.9 Å². The van der Waals surface area contributed by atoms with Crippen LogP contribution in [0.25, 0.3) is 0 Å². The second kappa shape index (κ2) is 7.96. The van der Waals surface area contributed by atoms with Crippen LogP contribution in [0.1, 0.15) is 40.2 Å². The van der Waals surface area contributed by atoms with Gasteiger partial charge in [0.2, 0.25) is 5.89 Å². The van der Waals surface area contributed by atoms with Crippen molar-refractivity contribution in [3.8, 4) is 5.75 Å². The first-order valence-corrected chi connectivity index (χ1v) is 9.96. The summed E-state index contributed by atoms with van der Waals surface area (Å²) in [6, 6.07) is 15.8. The zero-order valence-corrected chi connectivity index (χ0v) is 15.9. The van der Waals surface area contributed by atoms with Crippen molar-refractivity contribution in [1.82, 2.24) is 10.2 Å². The number of rotatable bonds is 7. The molecule has 1 unspecified atom stereocenters. The number of carbonyl (C=O) groups excluding carboxylic acids is 1. The molecule has 0 aliphatic carbocycles. The van der Waals surface area contributed by atoms with Crippen molar-refractivity contribution in [2.24, 2.45) is 0 Å². The van der Waals surface area contributed by atoms with E-state index >= 15 is 0 Å². The molecule has 2 aromatic carbocycles. The van der Waals surface area contributed by atoms with Crippen LogP contribution in [-0.4, -0.2) is 28.3 Å². The highest BCUT2D eigenvalue weighted by Crippen LogP contribution is 2.27. The molecule has 4 rings (SSSR count). The lowest BCUT2D eigenvalue weighted by Gasteiger charge is -2.08. The summed E-state index contributed by atoms with van der Waals surface area (Å²) in [5.74, 6) is 2.09. The highest BCUT2D eigenvalue weighted by Gasteiger charge is 2.17. The average Bonchev–Trinajstić information content (AvgIpc) is 3.35. The van der Waals surface area contributed by atoms with E-state index in [0.29, 0.717) is 35.6 Å². The van der Waals surface area contributed by atoms with E-state index in [1.54, 1.807) is 0 Å². The zero-order valence-electron chi connectivity index (χ0n) is 15.1. The van der Waals surface area contributed by atoms with Crippen molar-refractivity contribution in [3.63, 3.8) is 0 Å². The molecule has 2 heterocycles. The molecule has 0 fully saturated rings. The maximum atomic E-state index is 12.4. The zero-order chi connectivity index (χ0) is 18.6. The van der Waals surface area contributed by atoms with Gasteiger partial charge >= 0.3 is 0 Å². The first-order valence-electron chi connectivity index (χ1n) is 8.98. The van der Waals surface area contributed by atoms with Gasteiger partial charge < -0.3 is 9.15 Å². The summed E-state index contributed by atoms with van der Waals surface area (Å²) in [7, 11) is 0. The Kier molecular flexibility index (Phi) is 5.25. The Morgan fingerprint density at radius 2 is 2.04 bits per heavy atom. The third-order valence-corrected chi connectivity index (χ3v) is 5.45. The number of ether oxygens (including phenoxy) is 1. The number of fused-ring (bicyclic) bond motifs is 1. The summed E-state index contributed by atoms with van der Waals surface area (Å²) >= 11 is 1.28. The number of thioether (sulfide) groups is 1. The van der Waals surface area contributed by atoms with Crippen molar-refractivity contribution >= 4 is 17.5 Å². The summed E-state index contributed by atoms with van der Waals surface area (Å²) in [5.41, 5.74) is 3.03. The largest absolute Gasteiger partial charge is 0.493 e. The molecule has 1 aliphatic rings. The van der Waals surface area contributed by atoms with Crippen molar-refractivity contribution in [1.29, 1.82) is 0 Å². The average molecular weight is 380 g/mol. The predicted octanol–water partition coefficient (Wildman–Crippen LogP) is 4.33. The number of Topliss-reactive ketones (excluding diaryl/α,β-unsaturated/α-hetero) is 1. The molecule has 3 aromatic rings. The molecule has 0 saturated heterocycles. The molecule has 138 valence electrons. The minimum Gasteiger partial charge on any atom is -0.493 e.